The highest BCUT2D eigenvalue weighted by molar-refractivity contribution is 4.81. The van der Waals surface area contributed by atoms with E-state index in [0.29, 0.717) is 0 Å². The zero-order valence-electron chi connectivity index (χ0n) is 16.0. The summed E-state index contributed by atoms with van der Waals surface area (Å²) in [5, 5.41) is 0. The molecular weight excluding hydrogens is 264 g/mol. The van der Waals surface area contributed by atoms with Crippen molar-refractivity contribution in [3.8, 4) is 0 Å². The average Bonchev–Trinajstić information content (AvgIpc) is 2.55. The topological polar surface area (TPSA) is 0 Å². The Balaban J connectivity index is 3.14. The summed E-state index contributed by atoms with van der Waals surface area (Å²) in [4.78, 5) is 0. The summed E-state index contributed by atoms with van der Waals surface area (Å²) in [6.45, 7) is 6.97. The first kappa shape index (κ1) is 21.7. The lowest BCUT2D eigenvalue weighted by Gasteiger charge is -2.11. The van der Waals surface area contributed by atoms with E-state index in [1.807, 2.05) is 0 Å². The SMILES string of the molecule is CCCCCCCCC=CCCCCCCCC(CC)CC. The second kappa shape index (κ2) is 18.8. The number of unbranched alkanes of at least 4 members (excludes halogenated alkanes) is 11. The maximum Gasteiger partial charge on any atom is -0.0351 e. The molecule has 0 amide bonds. The molecule has 0 nitrogen and oxygen atoms in total. The molecule has 0 N–H and O–H groups in total. The van der Waals surface area contributed by atoms with Crippen LogP contribution in [0.3, 0.4) is 0 Å². The van der Waals surface area contributed by atoms with E-state index in [0.717, 1.165) is 5.92 Å². The van der Waals surface area contributed by atoms with Crippen LogP contribution >= 0.6 is 0 Å². The molecular formula is C22H44. The van der Waals surface area contributed by atoms with E-state index in [-0.39, 0.29) is 0 Å². The fraction of sp³-hybridized carbons (Fsp3) is 0.909. The summed E-state index contributed by atoms with van der Waals surface area (Å²) < 4.78 is 0. The number of hydrogen-bond donors (Lipinski definition) is 0. The van der Waals surface area contributed by atoms with Crippen LogP contribution in [0.4, 0.5) is 0 Å². The van der Waals surface area contributed by atoms with Crippen LogP contribution in [-0.2, 0) is 0 Å². The minimum atomic E-state index is 0.991. The molecule has 22 heavy (non-hydrogen) atoms. The molecule has 0 aromatic heterocycles. The minimum absolute atomic E-state index is 0.991. The summed E-state index contributed by atoms with van der Waals surface area (Å²) in [5.41, 5.74) is 0. The van der Waals surface area contributed by atoms with Crippen molar-refractivity contribution in [1.82, 2.24) is 0 Å². The fourth-order valence-electron chi connectivity index (χ4n) is 3.20. The molecule has 0 spiro atoms. The Hall–Kier alpha value is -0.260. The predicted molar refractivity (Wildman–Crippen MR) is 104 cm³/mol. The van der Waals surface area contributed by atoms with Gasteiger partial charge in [0.15, 0.2) is 0 Å². The molecule has 0 radical (unpaired) electrons. The minimum Gasteiger partial charge on any atom is -0.0885 e. The van der Waals surface area contributed by atoms with Crippen LogP contribution in [0.25, 0.3) is 0 Å². The average molecular weight is 309 g/mol. The monoisotopic (exact) mass is 308 g/mol. The summed E-state index contributed by atoms with van der Waals surface area (Å²) >= 11 is 0. The standard InChI is InChI=1S/C22H44/c1-4-7-8-9-10-11-12-13-14-15-16-17-18-19-20-21-22(5-2)6-3/h13-14,22H,4-12,15-21H2,1-3H3. The lowest BCUT2D eigenvalue weighted by atomic mass is 9.96. The van der Waals surface area contributed by atoms with Crippen molar-refractivity contribution in [2.45, 2.75) is 124 Å². The predicted octanol–water partition coefficient (Wildman–Crippen LogP) is 8.46. The van der Waals surface area contributed by atoms with E-state index in [4.69, 9.17) is 0 Å². The van der Waals surface area contributed by atoms with Crippen molar-refractivity contribution in [3.05, 3.63) is 12.2 Å². The molecule has 0 fully saturated rings. The Morgan fingerprint density at radius 2 is 1.00 bits per heavy atom. The van der Waals surface area contributed by atoms with Crippen molar-refractivity contribution in [2.24, 2.45) is 5.92 Å². The molecule has 0 rings (SSSR count). The van der Waals surface area contributed by atoms with Crippen molar-refractivity contribution in [1.29, 1.82) is 0 Å². The molecule has 0 heterocycles. The third kappa shape index (κ3) is 16.1. The van der Waals surface area contributed by atoms with Gasteiger partial charge in [0.2, 0.25) is 0 Å². The summed E-state index contributed by atoms with van der Waals surface area (Å²) in [7, 11) is 0. The molecule has 0 saturated heterocycles. The van der Waals surface area contributed by atoms with Crippen LogP contribution in [0, 0.1) is 5.92 Å². The van der Waals surface area contributed by atoms with Crippen molar-refractivity contribution < 1.29 is 0 Å². The van der Waals surface area contributed by atoms with Crippen LogP contribution in [0.15, 0.2) is 12.2 Å². The fourth-order valence-corrected chi connectivity index (χ4v) is 3.20. The zero-order chi connectivity index (χ0) is 16.3. The van der Waals surface area contributed by atoms with Crippen LogP contribution in [0.1, 0.15) is 124 Å². The van der Waals surface area contributed by atoms with Gasteiger partial charge in [-0.3, -0.25) is 0 Å². The third-order valence-corrected chi connectivity index (χ3v) is 5.03. The molecule has 0 heteroatoms. The summed E-state index contributed by atoms with van der Waals surface area (Å²) in [6.07, 6.45) is 27.4. The molecule has 0 unspecified atom stereocenters. The first-order valence-corrected chi connectivity index (χ1v) is 10.5. The molecule has 132 valence electrons. The Labute approximate surface area is 142 Å². The quantitative estimate of drug-likeness (QED) is 0.187. The maximum absolute atomic E-state index is 2.43. The third-order valence-electron chi connectivity index (χ3n) is 5.03. The highest BCUT2D eigenvalue weighted by atomic mass is 14.1. The second-order valence-corrected chi connectivity index (χ2v) is 7.06. The van der Waals surface area contributed by atoms with Crippen LogP contribution in [0.5, 0.6) is 0 Å². The molecule has 0 aromatic carbocycles. The van der Waals surface area contributed by atoms with Gasteiger partial charge in [0.25, 0.3) is 0 Å². The van der Waals surface area contributed by atoms with E-state index < -0.39 is 0 Å². The van der Waals surface area contributed by atoms with Gasteiger partial charge < -0.3 is 0 Å². The Morgan fingerprint density at radius 1 is 0.545 bits per heavy atom. The van der Waals surface area contributed by atoms with Crippen molar-refractivity contribution in [2.75, 3.05) is 0 Å². The first-order chi connectivity index (χ1) is 10.8. The number of allylic oxidation sites excluding steroid dienone is 2. The van der Waals surface area contributed by atoms with E-state index in [1.165, 1.54) is 103 Å². The van der Waals surface area contributed by atoms with Crippen LogP contribution in [-0.4, -0.2) is 0 Å². The van der Waals surface area contributed by atoms with Gasteiger partial charge in [-0.1, -0.05) is 110 Å². The molecule has 0 aromatic rings. The first-order valence-electron chi connectivity index (χ1n) is 10.5. The largest absolute Gasteiger partial charge is 0.0885 e. The van der Waals surface area contributed by atoms with Gasteiger partial charge in [-0.15, -0.1) is 0 Å². The number of hydrogen-bond acceptors (Lipinski definition) is 0. The van der Waals surface area contributed by atoms with Gasteiger partial charge >= 0.3 is 0 Å². The van der Waals surface area contributed by atoms with Crippen molar-refractivity contribution in [3.63, 3.8) is 0 Å². The normalized spacial score (nSPS) is 11.8. The van der Waals surface area contributed by atoms with Gasteiger partial charge in [-0.25, -0.2) is 0 Å². The summed E-state index contributed by atoms with van der Waals surface area (Å²) in [6, 6.07) is 0. The maximum atomic E-state index is 2.43. The van der Waals surface area contributed by atoms with E-state index in [2.05, 4.69) is 32.9 Å². The summed E-state index contributed by atoms with van der Waals surface area (Å²) in [5.74, 6) is 0.991. The smallest absolute Gasteiger partial charge is 0.0351 e. The van der Waals surface area contributed by atoms with E-state index >= 15 is 0 Å². The van der Waals surface area contributed by atoms with E-state index in [9.17, 15) is 0 Å². The zero-order valence-corrected chi connectivity index (χ0v) is 16.0. The molecule has 0 bridgehead atoms. The molecule has 0 atom stereocenters. The molecule has 0 aliphatic rings. The molecule has 0 aliphatic heterocycles. The second-order valence-electron chi connectivity index (χ2n) is 7.06. The molecule has 0 saturated carbocycles. The molecule has 0 aliphatic carbocycles. The number of rotatable bonds is 17. The van der Waals surface area contributed by atoms with Crippen LogP contribution < -0.4 is 0 Å². The Bertz CT molecular complexity index is 212. The van der Waals surface area contributed by atoms with Gasteiger partial charge in [0.1, 0.15) is 0 Å². The Morgan fingerprint density at radius 3 is 1.50 bits per heavy atom. The van der Waals surface area contributed by atoms with Crippen molar-refractivity contribution >= 4 is 0 Å². The van der Waals surface area contributed by atoms with Gasteiger partial charge in [-0.05, 0) is 31.6 Å². The van der Waals surface area contributed by atoms with Gasteiger partial charge in [0, 0.05) is 0 Å². The highest BCUT2D eigenvalue weighted by Gasteiger charge is 2.01. The highest BCUT2D eigenvalue weighted by Crippen LogP contribution is 2.17. The Kier molecular flexibility index (Phi) is 18.6. The van der Waals surface area contributed by atoms with Gasteiger partial charge in [-0.2, -0.15) is 0 Å². The van der Waals surface area contributed by atoms with Gasteiger partial charge in [0.05, 0.1) is 0 Å². The van der Waals surface area contributed by atoms with E-state index in [1.54, 1.807) is 0 Å². The lowest BCUT2D eigenvalue weighted by Crippen LogP contribution is -1.96. The lowest BCUT2D eigenvalue weighted by molar-refractivity contribution is 0.427. The van der Waals surface area contributed by atoms with Crippen LogP contribution in [0.2, 0.25) is 0 Å².